The summed E-state index contributed by atoms with van der Waals surface area (Å²) in [6.07, 6.45) is 4.38. The number of aryl methyl sites for hydroxylation is 1. The smallest absolute Gasteiger partial charge is 0.267 e. The van der Waals surface area contributed by atoms with Crippen molar-refractivity contribution in [1.29, 1.82) is 0 Å². The van der Waals surface area contributed by atoms with Crippen LogP contribution < -0.4 is 11.1 Å². The highest BCUT2D eigenvalue weighted by atomic mass is 32.1. The van der Waals surface area contributed by atoms with Crippen molar-refractivity contribution in [1.82, 2.24) is 15.3 Å². The predicted molar refractivity (Wildman–Crippen MR) is 70.6 cm³/mol. The lowest BCUT2D eigenvalue weighted by molar-refractivity contribution is 0.0929. The molecule has 94 valence electrons. The number of fused-ring (bicyclic) bond motifs is 1. The number of nitrogen functional groups attached to an aromatic ring is 1. The molecule has 4 N–H and O–H groups in total. The molecule has 0 bridgehead atoms. The third kappa shape index (κ3) is 2.11. The summed E-state index contributed by atoms with van der Waals surface area (Å²) in [4.78, 5) is 20.3. The van der Waals surface area contributed by atoms with Crippen molar-refractivity contribution in [2.75, 3.05) is 5.73 Å². The lowest BCUT2D eigenvalue weighted by atomic mass is 9.97. The van der Waals surface area contributed by atoms with Gasteiger partial charge in [0.1, 0.15) is 5.69 Å². The Kier molecular flexibility index (Phi) is 2.79. The normalized spacial score (nSPS) is 18.3. The molecule has 5 nitrogen and oxygen atoms in total. The number of carbonyl (C=O) groups excluding carboxylic acids is 1. The van der Waals surface area contributed by atoms with E-state index in [1.165, 1.54) is 16.2 Å². The first-order valence-electron chi connectivity index (χ1n) is 5.90. The second kappa shape index (κ2) is 4.45. The molecule has 0 fully saturated rings. The fourth-order valence-corrected chi connectivity index (χ4v) is 3.21. The highest BCUT2D eigenvalue weighted by Crippen LogP contribution is 2.28. The van der Waals surface area contributed by atoms with E-state index >= 15 is 0 Å². The number of H-pyrrole nitrogens is 1. The number of anilines is 1. The van der Waals surface area contributed by atoms with Crippen molar-refractivity contribution in [3.8, 4) is 0 Å². The molecule has 0 aromatic carbocycles. The molecule has 2 aromatic rings. The summed E-state index contributed by atoms with van der Waals surface area (Å²) in [6.45, 7) is 0. The number of rotatable bonds is 2. The highest BCUT2D eigenvalue weighted by molar-refractivity contribution is 7.15. The summed E-state index contributed by atoms with van der Waals surface area (Å²) in [5.74, 6) is -0.0501. The van der Waals surface area contributed by atoms with E-state index in [0.717, 1.165) is 25.0 Å². The lowest BCUT2D eigenvalue weighted by Crippen LogP contribution is -2.38. The van der Waals surface area contributed by atoms with E-state index in [4.69, 9.17) is 5.73 Å². The summed E-state index contributed by atoms with van der Waals surface area (Å²) in [6, 6.07) is 3.76. The summed E-state index contributed by atoms with van der Waals surface area (Å²) in [5.41, 5.74) is 7.40. The number of nitrogens with one attached hydrogen (secondary N) is 2. The van der Waals surface area contributed by atoms with Crippen molar-refractivity contribution < 1.29 is 4.79 Å². The second-order valence-corrected chi connectivity index (χ2v) is 5.53. The van der Waals surface area contributed by atoms with Gasteiger partial charge in [-0.3, -0.25) is 4.79 Å². The van der Waals surface area contributed by atoms with Gasteiger partial charge in [-0.2, -0.15) is 0 Å². The predicted octanol–water partition coefficient (Wildman–Crippen LogP) is 1.34. The van der Waals surface area contributed by atoms with E-state index in [1.54, 1.807) is 12.3 Å². The Morgan fingerprint density at radius 1 is 1.61 bits per heavy atom. The van der Waals surface area contributed by atoms with Gasteiger partial charge in [0, 0.05) is 23.5 Å². The number of thiazole rings is 1. The first-order valence-corrected chi connectivity index (χ1v) is 6.72. The molecule has 0 spiro atoms. The van der Waals surface area contributed by atoms with Gasteiger partial charge in [-0.25, -0.2) is 4.98 Å². The van der Waals surface area contributed by atoms with Crippen LogP contribution in [0.25, 0.3) is 0 Å². The molecule has 0 saturated carbocycles. The average molecular weight is 262 g/mol. The van der Waals surface area contributed by atoms with Crippen LogP contribution in [0, 0.1) is 0 Å². The Bertz CT molecular complexity index is 561. The maximum absolute atomic E-state index is 11.9. The number of carbonyl (C=O) groups is 1. The van der Waals surface area contributed by atoms with E-state index in [2.05, 4.69) is 15.3 Å². The van der Waals surface area contributed by atoms with Crippen LogP contribution in [-0.2, 0) is 12.8 Å². The molecule has 1 aliphatic carbocycles. The van der Waals surface area contributed by atoms with Gasteiger partial charge >= 0.3 is 0 Å². The molecular formula is C12H14N4OS. The number of aromatic amines is 1. The average Bonchev–Trinajstić information content (AvgIpc) is 2.95. The summed E-state index contributed by atoms with van der Waals surface area (Å²) >= 11 is 1.53. The topological polar surface area (TPSA) is 83.8 Å². The minimum Gasteiger partial charge on any atom is -0.375 e. The summed E-state index contributed by atoms with van der Waals surface area (Å²) < 4.78 is 0. The summed E-state index contributed by atoms with van der Waals surface area (Å²) in [5, 5.41) is 3.66. The van der Waals surface area contributed by atoms with Crippen LogP contribution in [-0.4, -0.2) is 21.9 Å². The van der Waals surface area contributed by atoms with Crippen LogP contribution in [0.2, 0.25) is 0 Å². The zero-order chi connectivity index (χ0) is 12.5. The number of nitrogens with two attached hydrogens (primary N) is 1. The monoisotopic (exact) mass is 262 g/mol. The molecule has 1 atom stereocenters. The largest absolute Gasteiger partial charge is 0.375 e. The SMILES string of the molecule is Nc1nc2c(s1)C[C@@H](NC(=O)c1ccc[nH]1)CC2. The maximum Gasteiger partial charge on any atom is 0.267 e. The Hall–Kier alpha value is -1.82. The van der Waals surface area contributed by atoms with Gasteiger partial charge in [-0.15, -0.1) is 11.3 Å². The molecule has 0 radical (unpaired) electrons. The Morgan fingerprint density at radius 3 is 3.28 bits per heavy atom. The molecule has 0 saturated heterocycles. The van der Waals surface area contributed by atoms with Crippen molar-refractivity contribution in [2.24, 2.45) is 0 Å². The Balaban J connectivity index is 1.68. The van der Waals surface area contributed by atoms with E-state index in [0.29, 0.717) is 10.8 Å². The first-order chi connectivity index (χ1) is 8.72. The zero-order valence-corrected chi connectivity index (χ0v) is 10.6. The van der Waals surface area contributed by atoms with Crippen molar-refractivity contribution in [2.45, 2.75) is 25.3 Å². The van der Waals surface area contributed by atoms with Gasteiger partial charge in [0.05, 0.1) is 5.69 Å². The van der Waals surface area contributed by atoms with E-state index in [1.807, 2.05) is 6.07 Å². The molecule has 2 aromatic heterocycles. The van der Waals surface area contributed by atoms with Crippen LogP contribution in [0.15, 0.2) is 18.3 Å². The Labute approximate surface area is 108 Å². The van der Waals surface area contributed by atoms with Gasteiger partial charge in [0.2, 0.25) is 0 Å². The van der Waals surface area contributed by atoms with Gasteiger partial charge < -0.3 is 16.0 Å². The molecule has 2 heterocycles. The minimum absolute atomic E-state index is 0.0501. The fraction of sp³-hybridized carbons (Fsp3) is 0.333. The molecule has 3 rings (SSSR count). The van der Waals surface area contributed by atoms with E-state index < -0.39 is 0 Å². The van der Waals surface area contributed by atoms with Crippen LogP contribution in [0.3, 0.4) is 0 Å². The van der Waals surface area contributed by atoms with Crippen LogP contribution in [0.5, 0.6) is 0 Å². The maximum atomic E-state index is 11.9. The third-order valence-corrected chi connectivity index (χ3v) is 4.08. The number of hydrogen-bond acceptors (Lipinski definition) is 4. The first kappa shape index (κ1) is 11.3. The molecule has 0 aliphatic heterocycles. The molecular weight excluding hydrogens is 248 g/mol. The molecule has 1 aliphatic rings. The van der Waals surface area contributed by atoms with Crippen LogP contribution in [0.4, 0.5) is 5.13 Å². The van der Waals surface area contributed by atoms with Crippen molar-refractivity contribution in [3.63, 3.8) is 0 Å². The van der Waals surface area contributed by atoms with E-state index in [9.17, 15) is 4.79 Å². The van der Waals surface area contributed by atoms with Gasteiger partial charge in [-0.1, -0.05) is 0 Å². The number of hydrogen-bond donors (Lipinski definition) is 3. The molecule has 6 heteroatoms. The number of nitrogens with zero attached hydrogens (tertiary/aromatic N) is 1. The standard InChI is InChI=1S/C12H14N4OS/c13-12-16-8-4-3-7(6-10(8)18-12)15-11(17)9-2-1-5-14-9/h1-2,5,7,14H,3-4,6H2,(H2,13,16)(H,15,17)/t7-/m0/s1. The second-order valence-electron chi connectivity index (χ2n) is 4.42. The van der Waals surface area contributed by atoms with Gasteiger partial charge in [0.15, 0.2) is 5.13 Å². The van der Waals surface area contributed by atoms with E-state index in [-0.39, 0.29) is 11.9 Å². The van der Waals surface area contributed by atoms with Gasteiger partial charge in [-0.05, 0) is 25.0 Å². The third-order valence-electron chi connectivity index (χ3n) is 3.13. The van der Waals surface area contributed by atoms with Gasteiger partial charge in [0.25, 0.3) is 5.91 Å². The molecule has 18 heavy (non-hydrogen) atoms. The summed E-state index contributed by atoms with van der Waals surface area (Å²) in [7, 11) is 0. The van der Waals surface area contributed by atoms with Crippen LogP contribution >= 0.6 is 11.3 Å². The fourth-order valence-electron chi connectivity index (χ4n) is 2.25. The number of amides is 1. The van der Waals surface area contributed by atoms with Crippen molar-refractivity contribution in [3.05, 3.63) is 34.6 Å². The molecule has 1 amide bonds. The number of aromatic nitrogens is 2. The van der Waals surface area contributed by atoms with Crippen LogP contribution in [0.1, 0.15) is 27.5 Å². The zero-order valence-electron chi connectivity index (χ0n) is 9.77. The quantitative estimate of drug-likeness (QED) is 0.763. The van der Waals surface area contributed by atoms with Crippen molar-refractivity contribution >= 4 is 22.4 Å². The minimum atomic E-state index is -0.0501. The molecule has 0 unspecified atom stereocenters. The Morgan fingerprint density at radius 2 is 2.50 bits per heavy atom. The lowest BCUT2D eigenvalue weighted by Gasteiger charge is -2.22. The highest BCUT2D eigenvalue weighted by Gasteiger charge is 2.23.